The van der Waals surface area contributed by atoms with Crippen LogP contribution in [0.3, 0.4) is 0 Å². The van der Waals surface area contributed by atoms with Gasteiger partial charge in [-0.15, -0.1) is 0 Å². The van der Waals surface area contributed by atoms with E-state index in [9.17, 15) is 5.11 Å². The largest absolute Gasteiger partial charge is 0.493 e. The standard InChI is InChI=1S/C16H24BrNO3/c1-3-21-16-13(17)7-11(8-15(16)20-2)9-18-10-12-5-4-6-14(12)19/h7-8,12,14,18-19H,3-6,9-10H2,1-2H3. The van der Waals surface area contributed by atoms with Crippen LogP contribution in [0.4, 0.5) is 0 Å². The van der Waals surface area contributed by atoms with Crippen molar-refractivity contribution in [2.45, 2.75) is 38.8 Å². The molecule has 5 heteroatoms. The molecule has 1 aromatic rings. The molecule has 1 aliphatic carbocycles. The molecule has 21 heavy (non-hydrogen) atoms. The Kier molecular flexibility index (Phi) is 6.33. The zero-order chi connectivity index (χ0) is 15.2. The van der Waals surface area contributed by atoms with Crippen molar-refractivity contribution in [3.05, 3.63) is 22.2 Å². The molecule has 0 aliphatic heterocycles. The molecule has 1 saturated carbocycles. The minimum absolute atomic E-state index is 0.140. The van der Waals surface area contributed by atoms with Gasteiger partial charge in [0.2, 0.25) is 0 Å². The van der Waals surface area contributed by atoms with Crippen LogP contribution in [-0.2, 0) is 6.54 Å². The van der Waals surface area contributed by atoms with Gasteiger partial charge in [-0.2, -0.15) is 0 Å². The van der Waals surface area contributed by atoms with Crippen molar-refractivity contribution in [3.8, 4) is 11.5 Å². The van der Waals surface area contributed by atoms with Gasteiger partial charge in [0.1, 0.15) is 0 Å². The van der Waals surface area contributed by atoms with Gasteiger partial charge in [-0.1, -0.05) is 6.42 Å². The van der Waals surface area contributed by atoms with Crippen molar-refractivity contribution in [1.29, 1.82) is 0 Å². The van der Waals surface area contributed by atoms with E-state index in [4.69, 9.17) is 9.47 Å². The zero-order valence-corrected chi connectivity index (χ0v) is 14.3. The van der Waals surface area contributed by atoms with Crippen molar-refractivity contribution >= 4 is 15.9 Å². The first-order valence-corrected chi connectivity index (χ1v) is 8.33. The second kappa shape index (κ2) is 8.01. The highest BCUT2D eigenvalue weighted by molar-refractivity contribution is 9.10. The number of aliphatic hydroxyl groups excluding tert-OH is 1. The van der Waals surface area contributed by atoms with E-state index in [1.165, 1.54) is 0 Å². The third-order valence-electron chi connectivity index (χ3n) is 3.93. The Balaban J connectivity index is 1.95. The lowest BCUT2D eigenvalue weighted by Crippen LogP contribution is -2.27. The maximum Gasteiger partial charge on any atom is 0.175 e. The van der Waals surface area contributed by atoms with E-state index >= 15 is 0 Å². The average Bonchev–Trinajstić information content (AvgIpc) is 2.87. The second-order valence-electron chi connectivity index (χ2n) is 5.43. The van der Waals surface area contributed by atoms with Gasteiger partial charge in [-0.3, -0.25) is 0 Å². The lowest BCUT2D eigenvalue weighted by Gasteiger charge is -2.16. The normalized spacial score (nSPS) is 21.5. The lowest BCUT2D eigenvalue weighted by molar-refractivity contribution is 0.131. The molecule has 2 rings (SSSR count). The fraction of sp³-hybridized carbons (Fsp3) is 0.625. The van der Waals surface area contributed by atoms with Gasteiger partial charge in [-0.25, -0.2) is 0 Å². The zero-order valence-electron chi connectivity index (χ0n) is 12.7. The maximum absolute atomic E-state index is 9.82. The predicted molar refractivity (Wildman–Crippen MR) is 86.9 cm³/mol. The van der Waals surface area contributed by atoms with Gasteiger partial charge in [0.15, 0.2) is 11.5 Å². The molecule has 0 bridgehead atoms. The minimum atomic E-state index is -0.140. The number of benzene rings is 1. The molecule has 0 radical (unpaired) electrons. The molecular formula is C16H24BrNO3. The molecule has 0 aromatic heterocycles. The number of nitrogens with one attached hydrogen (secondary N) is 1. The van der Waals surface area contributed by atoms with E-state index in [0.717, 1.165) is 53.9 Å². The molecule has 1 aromatic carbocycles. The lowest BCUT2D eigenvalue weighted by atomic mass is 10.1. The Hall–Kier alpha value is -0.780. The van der Waals surface area contributed by atoms with E-state index in [2.05, 4.69) is 21.2 Å². The maximum atomic E-state index is 9.82. The number of aliphatic hydroxyl groups is 1. The molecule has 1 fully saturated rings. The van der Waals surface area contributed by atoms with Gasteiger partial charge in [0.25, 0.3) is 0 Å². The molecular weight excluding hydrogens is 334 g/mol. The van der Waals surface area contributed by atoms with Crippen LogP contribution in [-0.4, -0.2) is 31.5 Å². The van der Waals surface area contributed by atoms with Gasteiger partial charge < -0.3 is 19.9 Å². The second-order valence-corrected chi connectivity index (χ2v) is 6.29. The van der Waals surface area contributed by atoms with E-state index in [0.29, 0.717) is 12.5 Å². The molecule has 118 valence electrons. The third-order valence-corrected chi connectivity index (χ3v) is 4.52. The van der Waals surface area contributed by atoms with Crippen LogP contribution >= 0.6 is 15.9 Å². The Morgan fingerprint density at radius 1 is 1.38 bits per heavy atom. The molecule has 2 N–H and O–H groups in total. The average molecular weight is 358 g/mol. The van der Waals surface area contributed by atoms with Crippen molar-refractivity contribution < 1.29 is 14.6 Å². The van der Waals surface area contributed by atoms with E-state index < -0.39 is 0 Å². The summed E-state index contributed by atoms with van der Waals surface area (Å²) in [7, 11) is 1.65. The quantitative estimate of drug-likeness (QED) is 0.787. The Morgan fingerprint density at radius 3 is 2.81 bits per heavy atom. The smallest absolute Gasteiger partial charge is 0.175 e. The van der Waals surface area contributed by atoms with Gasteiger partial charge in [0, 0.05) is 13.1 Å². The topological polar surface area (TPSA) is 50.7 Å². The molecule has 0 amide bonds. The van der Waals surface area contributed by atoms with Crippen LogP contribution in [0.1, 0.15) is 31.7 Å². The summed E-state index contributed by atoms with van der Waals surface area (Å²) in [6, 6.07) is 4.04. The summed E-state index contributed by atoms with van der Waals surface area (Å²) in [5.41, 5.74) is 1.13. The van der Waals surface area contributed by atoms with Crippen LogP contribution in [0.2, 0.25) is 0 Å². The summed E-state index contributed by atoms with van der Waals surface area (Å²) in [5.74, 6) is 1.87. The van der Waals surface area contributed by atoms with Crippen LogP contribution in [0.5, 0.6) is 11.5 Å². The molecule has 0 heterocycles. The van der Waals surface area contributed by atoms with Crippen molar-refractivity contribution in [3.63, 3.8) is 0 Å². The molecule has 2 atom stereocenters. The number of ether oxygens (including phenoxy) is 2. The third kappa shape index (κ3) is 4.34. The van der Waals surface area contributed by atoms with Crippen molar-refractivity contribution in [2.75, 3.05) is 20.3 Å². The Morgan fingerprint density at radius 2 is 2.19 bits per heavy atom. The van der Waals surface area contributed by atoms with E-state index in [1.807, 2.05) is 19.1 Å². The van der Waals surface area contributed by atoms with Crippen molar-refractivity contribution in [1.82, 2.24) is 5.32 Å². The number of hydrogen-bond acceptors (Lipinski definition) is 4. The first-order chi connectivity index (χ1) is 10.2. The Bertz CT molecular complexity index is 467. The van der Waals surface area contributed by atoms with E-state index in [1.54, 1.807) is 7.11 Å². The predicted octanol–water partition coefficient (Wildman–Crippen LogP) is 3.11. The summed E-state index contributed by atoms with van der Waals surface area (Å²) in [6.07, 6.45) is 3.05. The summed E-state index contributed by atoms with van der Waals surface area (Å²) in [5, 5.41) is 13.3. The Labute approximate surface area is 135 Å². The van der Waals surface area contributed by atoms with Crippen LogP contribution < -0.4 is 14.8 Å². The van der Waals surface area contributed by atoms with Crippen LogP contribution in [0.25, 0.3) is 0 Å². The highest BCUT2D eigenvalue weighted by atomic mass is 79.9. The SMILES string of the molecule is CCOc1c(Br)cc(CNCC2CCCC2O)cc1OC. The monoisotopic (exact) mass is 357 g/mol. The number of hydrogen-bond donors (Lipinski definition) is 2. The first kappa shape index (κ1) is 16.6. The molecule has 0 spiro atoms. The van der Waals surface area contributed by atoms with Gasteiger partial charge in [0.05, 0.1) is 24.3 Å². The molecule has 0 saturated heterocycles. The summed E-state index contributed by atoms with van der Waals surface area (Å²) in [4.78, 5) is 0. The number of rotatable bonds is 7. The van der Waals surface area contributed by atoms with Crippen LogP contribution in [0.15, 0.2) is 16.6 Å². The number of methoxy groups -OCH3 is 1. The van der Waals surface area contributed by atoms with Crippen molar-refractivity contribution in [2.24, 2.45) is 5.92 Å². The molecule has 2 unspecified atom stereocenters. The fourth-order valence-electron chi connectivity index (χ4n) is 2.82. The fourth-order valence-corrected chi connectivity index (χ4v) is 3.42. The van der Waals surface area contributed by atoms with Gasteiger partial charge >= 0.3 is 0 Å². The first-order valence-electron chi connectivity index (χ1n) is 7.53. The molecule has 4 nitrogen and oxygen atoms in total. The summed E-state index contributed by atoms with van der Waals surface area (Å²) < 4.78 is 11.9. The summed E-state index contributed by atoms with van der Waals surface area (Å²) in [6.45, 7) is 4.17. The number of halogens is 1. The molecule has 1 aliphatic rings. The van der Waals surface area contributed by atoms with Gasteiger partial charge in [-0.05, 0) is 59.3 Å². The minimum Gasteiger partial charge on any atom is -0.493 e. The van der Waals surface area contributed by atoms with Crippen LogP contribution in [0, 0.1) is 5.92 Å². The highest BCUT2D eigenvalue weighted by Gasteiger charge is 2.24. The van der Waals surface area contributed by atoms with E-state index in [-0.39, 0.29) is 6.10 Å². The highest BCUT2D eigenvalue weighted by Crippen LogP contribution is 2.36. The summed E-state index contributed by atoms with van der Waals surface area (Å²) >= 11 is 3.53.